The molecule has 1 aliphatic rings. The summed E-state index contributed by atoms with van der Waals surface area (Å²) in [6, 6.07) is 7.98. The second-order valence-corrected chi connectivity index (χ2v) is 4.46. The molecule has 0 spiro atoms. The van der Waals surface area contributed by atoms with Gasteiger partial charge in [-0.05, 0) is 25.0 Å². The van der Waals surface area contributed by atoms with E-state index in [9.17, 15) is 5.11 Å². The van der Waals surface area contributed by atoms with Crippen LogP contribution in [0, 0.1) is 0 Å². The van der Waals surface area contributed by atoms with E-state index in [0.29, 0.717) is 18.1 Å². The minimum absolute atomic E-state index is 0.205. The summed E-state index contributed by atoms with van der Waals surface area (Å²) in [5, 5.41) is 14.2. The number of aromatic hydroxyl groups is 1. The average Bonchev–Trinajstić information content (AvgIpc) is 3.14. The summed E-state index contributed by atoms with van der Waals surface area (Å²) in [6.07, 6.45) is 2.42. The highest BCUT2D eigenvalue weighted by Gasteiger charge is 2.22. The van der Waals surface area contributed by atoms with Crippen LogP contribution in [-0.2, 0) is 6.54 Å². The van der Waals surface area contributed by atoms with Gasteiger partial charge in [0.2, 0.25) is 0 Å². The van der Waals surface area contributed by atoms with Gasteiger partial charge in [-0.3, -0.25) is 0 Å². The standard InChI is InChI=1S/C13H15N3O/c14-7-9-6-11(15-8-4-5-8)10-2-1-3-12(17)13(10)16-9/h1-3,6,8,17H,4-5,7,14H2,(H,15,16). The van der Waals surface area contributed by atoms with E-state index in [0.717, 1.165) is 16.8 Å². The lowest BCUT2D eigenvalue weighted by atomic mass is 10.1. The van der Waals surface area contributed by atoms with Crippen LogP contribution in [0.3, 0.4) is 0 Å². The number of anilines is 1. The van der Waals surface area contributed by atoms with Crippen LogP contribution >= 0.6 is 0 Å². The lowest BCUT2D eigenvalue weighted by molar-refractivity contribution is 0.480. The quantitative estimate of drug-likeness (QED) is 0.752. The van der Waals surface area contributed by atoms with Crippen LogP contribution < -0.4 is 11.1 Å². The van der Waals surface area contributed by atoms with Crippen LogP contribution in [0.15, 0.2) is 24.3 Å². The van der Waals surface area contributed by atoms with Gasteiger partial charge in [0.1, 0.15) is 11.3 Å². The van der Waals surface area contributed by atoms with Gasteiger partial charge in [0.05, 0.1) is 5.69 Å². The number of para-hydroxylation sites is 1. The molecule has 4 N–H and O–H groups in total. The minimum Gasteiger partial charge on any atom is -0.506 e. The molecule has 0 saturated heterocycles. The Labute approximate surface area is 99.5 Å². The van der Waals surface area contributed by atoms with Crippen LogP contribution in [0.1, 0.15) is 18.5 Å². The van der Waals surface area contributed by atoms with Crippen molar-refractivity contribution >= 4 is 16.6 Å². The number of pyridine rings is 1. The zero-order valence-electron chi connectivity index (χ0n) is 9.48. The molecule has 17 heavy (non-hydrogen) atoms. The van der Waals surface area contributed by atoms with E-state index >= 15 is 0 Å². The first-order valence-electron chi connectivity index (χ1n) is 5.86. The zero-order chi connectivity index (χ0) is 11.8. The number of fused-ring (bicyclic) bond motifs is 1. The first-order valence-corrected chi connectivity index (χ1v) is 5.86. The highest BCUT2D eigenvalue weighted by atomic mass is 16.3. The fraction of sp³-hybridized carbons (Fsp3) is 0.308. The third-order valence-corrected chi connectivity index (χ3v) is 3.02. The molecule has 1 aromatic heterocycles. The molecule has 2 aromatic rings. The van der Waals surface area contributed by atoms with Gasteiger partial charge in [-0.1, -0.05) is 12.1 Å². The molecule has 0 bridgehead atoms. The maximum Gasteiger partial charge on any atom is 0.141 e. The monoisotopic (exact) mass is 229 g/mol. The molecule has 4 nitrogen and oxygen atoms in total. The van der Waals surface area contributed by atoms with Gasteiger partial charge < -0.3 is 16.2 Å². The third-order valence-electron chi connectivity index (χ3n) is 3.02. The summed E-state index contributed by atoms with van der Waals surface area (Å²) in [5.74, 6) is 0.205. The van der Waals surface area contributed by atoms with Crippen LogP contribution in [0.25, 0.3) is 10.9 Å². The summed E-state index contributed by atoms with van der Waals surface area (Å²) in [5.41, 5.74) is 8.07. The Kier molecular flexibility index (Phi) is 2.37. The van der Waals surface area contributed by atoms with E-state index in [4.69, 9.17) is 5.73 Å². The van der Waals surface area contributed by atoms with E-state index < -0.39 is 0 Å². The number of nitrogens with two attached hydrogens (primary N) is 1. The van der Waals surface area contributed by atoms with Gasteiger partial charge >= 0.3 is 0 Å². The molecule has 3 rings (SSSR count). The topological polar surface area (TPSA) is 71.2 Å². The van der Waals surface area contributed by atoms with Crippen molar-refractivity contribution in [3.05, 3.63) is 30.0 Å². The molecule has 88 valence electrons. The van der Waals surface area contributed by atoms with Crippen molar-refractivity contribution in [3.63, 3.8) is 0 Å². The van der Waals surface area contributed by atoms with E-state index in [1.165, 1.54) is 12.8 Å². The van der Waals surface area contributed by atoms with Gasteiger partial charge in [0, 0.05) is 23.7 Å². The van der Waals surface area contributed by atoms with Crippen molar-refractivity contribution in [3.8, 4) is 5.75 Å². The smallest absolute Gasteiger partial charge is 0.141 e. The van der Waals surface area contributed by atoms with Gasteiger partial charge in [-0.25, -0.2) is 4.98 Å². The molecule has 0 amide bonds. The maximum atomic E-state index is 9.83. The molecule has 1 fully saturated rings. The predicted octanol–water partition coefficient (Wildman–Crippen LogP) is 1.97. The highest BCUT2D eigenvalue weighted by molar-refractivity contribution is 5.95. The molecular weight excluding hydrogens is 214 g/mol. The van der Waals surface area contributed by atoms with Crippen molar-refractivity contribution in [2.24, 2.45) is 5.73 Å². The molecule has 0 radical (unpaired) electrons. The van der Waals surface area contributed by atoms with Gasteiger partial charge in [-0.2, -0.15) is 0 Å². The molecule has 4 heteroatoms. The Morgan fingerprint density at radius 2 is 2.24 bits per heavy atom. The summed E-state index contributed by atoms with van der Waals surface area (Å²) in [7, 11) is 0. The van der Waals surface area contributed by atoms with E-state index in [1.807, 2.05) is 18.2 Å². The van der Waals surface area contributed by atoms with E-state index in [1.54, 1.807) is 6.07 Å². The highest BCUT2D eigenvalue weighted by Crippen LogP contribution is 2.32. The largest absolute Gasteiger partial charge is 0.506 e. The van der Waals surface area contributed by atoms with Crippen LogP contribution in [0.2, 0.25) is 0 Å². The van der Waals surface area contributed by atoms with Crippen LogP contribution in [-0.4, -0.2) is 16.1 Å². The second-order valence-electron chi connectivity index (χ2n) is 4.46. The maximum absolute atomic E-state index is 9.83. The first-order chi connectivity index (χ1) is 8.28. The van der Waals surface area contributed by atoms with Gasteiger partial charge in [0.25, 0.3) is 0 Å². The Hall–Kier alpha value is -1.81. The Balaban J connectivity index is 2.19. The number of rotatable bonds is 3. The lowest BCUT2D eigenvalue weighted by Gasteiger charge is -2.11. The number of nitrogens with zero attached hydrogens (tertiary/aromatic N) is 1. The van der Waals surface area contributed by atoms with E-state index in [-0.39, 0.29) is 5.75 Å². The summed E-state index contributed by atoms with van der Waals surface area (Å²) < 4.78 is 0. The molecular formula is C13H15N3O. The fourth-order valence-corrected chi connectivity index (χ4v) is 1.96. The zero-order valence-corrected chi connectivity index (χ0v) is 9.48. The van der Waals surface area contributed by atoms with Crippen molar-refractivity contribution in [2.75, 3.05) is 5.32 Å². The van der Waals surface area contributed by atoms with Crippen LogP contribution in [0.4, 0.5) is 5.69 Å². The molecule has 1 saturated carbocycles. The summed E-state index contributed by atoms with van der Waals surface area (Å²) >= 11 is 0. The number of phenols is 1. The number of nitrogens with one attached hydrogen (secondary N) is 1. The van der Waals surface area contributed by atoms with Gasteiger partial charge in [-0.15, -0.1) is 0 Å². The summed E-state index contributed by atoms with van der Waals surface area (Å²) in [6.45, 7) is 0.379. The molecule has 0 unspecified atom stereocenters. The third kappa shape index (κ3) is 1.91. The molecule has 0 atom stereocenters. The number of hydrogen-bond donors (Lipinski definition) is 3. The van der Waals surface area contributed by atoms with Crippen molar-refractivity contribution in [2.45, 2.75) is 25.4 Å². The predicted molar refractivity (Wildman–Crippen MR) is 67.9 cm³/mol. The van der Waals surface area contributed by atoms with Crippen LogP contribution in [0.5, 0.6) is 5.75 Å². The first kappa shape index (κ1) is 10.4. The second kappa shape index (κ2) is 3.89. The Morgan fingerprint density at radius 1 is 1.41 bits per heavy atom. The molecule has 1 aliphatic carbocycles. The van der Waals surface area contributed by atoms with Crippen molar-refractivity contribution in [1.29, 1.82) is 0 Å². The minimum atomic E-state index is 0.205. The Bertz CT molecular complexity index is 564. The Morgan fingerprint density at radius 3 is 2.94 bits per heavy atom. The molecule has 0 aliphatic heterocycles. The van der Waals surface area contributed by atoms with E-state index in [2.05, 4.69) is 10.3 Å². The fourth-order valence-electron chi connectivity index (χ4n) is 1.96. The lowest BCUT2D eigenvalue weighted by Crippen LogP contribution is -2.06. The molecule has 1 aromatic carbocycles. The number of benzene rings is 1. The van der Waals surface area contributed by atoms with Crippen molar-refractivity contribution < 1.29 is 5.11 Å². The SMILES string of the molecule is NCc1cc(NC2CC2)c2cccc(O)c2n1. The number of hydrogen-bond acceptors (Lipinski definition) is 4. The number of aromatic nitrogens is 1. The normalized spacial score (nSPS) is 15.1. The summed E-state index contributed by atoms with van der Waals surface area (Å²) in [4.78, 5) is 4.37. The average molecular weight is 229 g/mol. The van der Waals surface area contributed by atoms with Crippen molar-refractivity contribution in [1.82, 2.24) is 4.98 Å². The number of phenolic OH excluding ortho intramolecular Hbond substituents is 1. The van der Waals surface area contributed by atoms with Gasteiger partial charge in [0.15, 0.2) is 0 Å². The molecule has 1 heterocycles.